The molecule has 2 saturated carbocycles. The number of anilines is 1. The Hall–Kier alpha value is -1.39. The van der Waals surface area contributed by atoms with Crippen molar-refractivity contribution in [2.75, 3.05) is 5.73 Å². The van der Waals surface area contributed by atoms with E-state index in [1.807, 2.05) is 18.3 Å². The Labute approximate surface area is 129 Å². The molecule has 0 bridgehead atoms. The lowest BCUT2D eigenvalue weighted by molar-refractivity contribution is 0.330. The highest BCUT2D eigenvalue weighted by Crippen LogP contribution is 2.56. The largest absolute Gasteiger partial charge is 0.399 e. The van der Waals surface area contributed by atoms with Crippen LogP contribution in [0.5, 0.6) is 0 Å². The molecule has 4 heteroatoms. The van der Waals surface area contributed by atoms with Crippen molar-refractivity contribution in [2.24, 2.45) is 17.6 Å². The Morgan fingerprint density at radius 1 is 1.14 bits per heavy atom. The van der Waals surface area contributed by atoms with E-state index >= 15 is 0 Å². The normalized spacial score (nSPS) is 19.0. The Morgan fingerprint density at radius 2 is 1.81 bits per heavy atom. The fraction of sp³-hybridized carbons (Fsp3) is 0.471. The van der Waals surface area contributed by atoms with Gasteiger partial charge in [-0.15, -0.1) is 11.3 Å². The zero-order valence-corrected chi connectivity index (χ0v) is 13.1. The van der Waals surface area contributed by atoms with Gasteiger partial charge in [0.25, 0.3) is 0 Å². The second kappa shape index (κ2) is 4.55. The van der Waals surface area contributed by atoms with E-state index in [0.29, 0.717) is 11.8 Å². The minimum Gasteiger partial charge on any atom is -0.399 e. The molecule has 0 radical (unpaired) electrons. The van der Waals surface area contributed by atoms with Crippen LogP contribution in [-0.2, 0) is 5.54 Å². The van der Waals surface area contributed by atoms with Crippen molar-refractivity contribution in [1.82, 2.24) is 4.98 Å². The second-order valence-corrected chi connectivity index (χ2v) is 7.67. The first-order chi connectivity index (χ1) is 10.1. The lowest BCUT2D eigenvalue weighted by Crippen LogP contribution is -2.41. The number of hydrogen-bond donors (Lipinski definition) is 2. The van der Waals surface area contributed by atoms with Crippen molar-refractivity contribution in [2.45, 2.75) is 38.1 Å². The van der Waals surface area contributed by atoms with Crippen molar-refractivity contribution in [3.8, 4) is 10.4 Å². The molecule has 1 aromatic carbocycles. The Balaban J connectivity index is 1.72. The van der Waals surface area contributed by atoms with Crippen LogP contribution in [-0.4, -0.2) is 4.98 Å². The van der Waals surface area contributed by atoms with Crippen LogP contribution in [0.1, 0.15) is 36.3 Å². The van der Waals surface area contributed by atoms with E-state index in [4.69, 9.17) is 16.5 Å². The Bertz CT molecular complexity index is 651. The summed E-state index contributed by atoms with van der Waals surface area (Å²) in [5, 5.41) is 1.13. The molecule has 0 atom stereocenters. The summed E-state index contributed by atoms with van der Waals surface area (Å²) in [7, 11) is 0. The summed E-state index contributed by atoms with van der Waals surface area (Å²) in [6, 6.07) is 6.18. The van der Waals surface area contributed by atoms with Crippen LogP contribution in [0.3, 0.4) is 0 Å². The number of rotatable bonds is 4. The smallest absolute Gasteiger partial charge is 0.114 e. The molecule has 1 aromatic heterocycles. The second-order valence-electron chi connectivity index (χ2n) is 6.64. The highest BCUT2D eigenvalue weighted by Gasteiger charge is 2.54. The average Bonchev–Trinajstić information content (AvgIpc) is 3.33. The summed E-state index contributed by atoms with van der Waals surface area (Å²) in [5.74, 6) is 1.29. The number of aryl methyl sites for hydroxylation is 1. The maximum Gasteiger partial charge on any atom is 0.114 e. The van der Waals surface area contributed by atoms with Crippen LogP contribution in [0.15, 0.2) is 24.4 Å². The number of nitrogen functional groups attached to an aromatic ring is 1. The van der Waals surface area contributed by atoms with Gasteiger partial charge >= 0.3 is 0 Å². The molecular formula is C17H21N3S. The van der Waals surface area contributed by atoms with Crippen LogP contribution in [0, 0.1) is 18.8 Å². The summed E-state index contributed by atoms with van der Waals surface area (Å²) in [5.41, 5.74) is 15.8. The summed E-state index contributed by atoms with van der Waals surface area (Å²) < 4.78 is 0. The third-order valence-corrected chi connectivity index (χ3v) is 5.98. The van der Waals surface area contributed by atoms with Gasteiger partial charge < -0.3 is 11.5 Å². The van der Waals surface area contributed by atoms with Crippen molar-refractivity contribution < 1.29 is 0 Å². The van der Waals surface area contributed by atoms with E-state index in [2.05, 4.69) is 13.0 Å². The summed E-state index contributed by atoms with van der Waals surface area (Å²) in [6.07, 6.45) is 7.03. The molecule has 0 spiro atoms. The molecule has 2 fully saturated rings. The lowest BCUT2D eigenvalue weighted by atomic mass is 9.89. The molecule has 2 aliphatic carbocycles. The van der Waals surface area contributed by atoms with Crippen LogP contribution in [0.25, 0.3) is 10.4 Å². The molecule has 0 amide bonds. The molecule has 0 saturated heterocycles. The zero-order valence-electron chi connectivity index (χ0n) is 12.3. The van der Waals surface area contributed by atoms with E-state index in [0.717, 1.165) is 16.3 Å². The van der Waals surface area contributed by atoms with Crippen LogP contribution in [0.2, 0.25) is 0 Å². The van der Waals surface area contributed by atoms with Crippen molar-refractivity contribution in [3.63, 3.8) is 0 Å². The zero-order chi connectivity index (χ0) is 14.6. The van der Waals surface area contributed by atoms with Gasteiger partial charge in [0.1, 0.15) is 5.01 Å². The number of aromatic nitrogens is 1. The molecule has 2 aromatic rings. The van der Waals surface area contributed by atoms with Gasteiger partial charge in [-0.3, -0.25) is 0 Å². The van der Waals surface area contributed by atoms with Gasteiger partial charge in [0.2, 0.25) is 0 Å². The monoisotopic (exact) mass is 299 g/mol. The first kappa shape index (κ1) is 13.3. The molecule has 110 valence electrons. The highest BCUT2D eigenvalue weighted by molar-refractivity contribution is 7.15. The molecule has 4 N–H and O–H groups in total. The minimum absolute atomic E-state index is 0.168. The quantitative estimate of drug-likeness (QED) is 0.846. The highest BCUT2D eigenvalue weighted by atomic mass is 32.1. The van der Waals surface area contributed by atoms with Gasteiger partial charge in [-0.2, -0.15) is 0 Å². The van der Waals surface area contributed by atoms with Crippen molar-refractivity contribution >= 4 is 17.0 Å². The average molecular weight is 299 g/mol. The van der Waals surface area contributed by atoms with E-state index in [1.54, 1.807) is 11.3 Å². The summed E-state index contributed by atoms with van der Waals surface area (Å²) >= 11 is 1.76. The van der Waals surface area contributed by atoms with E-state index in [1.165, 1.54) is 36.1 Å². The van der Waals surface area contributed by atoms with Gasteiger partial charge in [-0.05, 0) is 67.7 Å². The van der Waals surface area contributed by atoms with E-state index in [9.17, 15) is 0 Å². The lowest BCUT2D eigenvalue weighted by Gasteiger charge is -2.27. The molecule has 1 heterocycles. The molecule has 0 aliphatic heterocycles. The van der Waals surface area contributed by atoms with Crippen LogP contribution >= 0.6 is 11.3 Å². The number of thiazole rings is 1. The molecule has 3 nitrogen and oxygen atoms in total. The number of nitrogens with zero attached hydrogens (tertiary/aromatic N) is 1. The number of benzene rings is 1. The van der Waals surface area contributed by atoms with Crippen molar-refractivity contribution in [3.05, 3.63) is 35.0 Å². The topological polar surface area (TPSA) is 64.9 Å². The molecular weight excluding hydrogens is 278 g/mol. The fourth-order valence-electron chi connectivity index (χ4n) is 3.37. The Kier molecular flexibility index (Phi) is 2.88. The predicted molar refractivity (Wildman–Crippen MR) is 88.0 cm³/mol. The van der Waals surface area contributed by atoms with E-state index in [-0.39, 0.29) is 5.54 Å². The fourth-order valence-corrected chi connectivity index (χ4v) is 4.53. The minimum atomic E-state index is -0.168. The molecule has 4 rings (SSSR count). The number of nitrogens with two attached hydrogens (primary N) is 2. The van der Waals surface area contributed by atoms with Gasteiger partial charge in [0.05, 0.1) is 10.4 Å². The first-order valence-electron chi connectivity index (χ1n) is 7.70. The maximum absolute atomic E-state index is 6.80. The van der Waals surface area contributed by atoms with Gasteiger partial charge in [-0.1, -0.05) is 6.07 Å². The van der Waals surface area contributed by atoms with Crippen molar-refractivity contribution in [1.29, 1.82) is 0 Å². The molecule has 0 unspecified atom stereocenters. The van der Waals surface area contributed by atoms with Crippen LogP contribution < -0.4 is 11.5 Å². The summed E-state index contributed by atoms with van der Waals surface area (Å²) in [6.45, 7) is 2.07. The van der Waals surface area contributed by atoms with Gasteiger partial charge in [0.15, 0.2) is 0 Å². The third-order valence-electron chi connectivity index (χ3n) is 4.77. The maximum atomic E-state index is 6.80. The first-order valence-corrected chi connectivity index (χ1v) is 8.51. The van der Waals surface area contributed by atoms with Gasteiger partial charge in [0, 0.05) is 11.9 Å². The summed E-state index contributed by atoms with van der Waals surface area (Å²) in [4.78, 5) is 5.88. The van der Waals surface area contributed by atoms with Gasteiger partial charge in [-0.25, -0.2) is 4.98 Å². The van der Waals surface area contributed by atoms with Crippen LogP contribution in [0.4, 0.5) is 5.69 Å². The number of hydrogen-bond acceptors (Lipinski definition) is 4. The predicted octanol–water partition coefficient (Wildman–Crippen LogP) is 3.67. The van der Waals surface area contributed by atoms with E-state index < -0.39 is 0 Å². The Morgan fingerprint density at radius 3 is 2.38 bits per heavy atom. The molecule has 21 heavy (non-hydrogen) atoms. The molecule has 2 aliphatic rings. The SMILES string of the molecule is Cc1cc(N)cc(-c2cnc(C(N)(C3CC3)C3CC3)s2)c1. The third kappa shape index (κ3) is 2.27. The standard InChI is InChI=1S/C17H21N3S/c1-10-6-11(8-14(18)7-10)15-9-20-16(21-15)17(19,12-2-3-12)13-4-5-13/h6-9,12-13H,2-5,18-19H2,1H3.